The Kier molecular flexibility index (Phi) is 5.54. The molecule has 0 spiro atoms. The van der Waals surface area contributed by atoms with Crippen LogP contribution in [-0.4, -0.2) is 72.2 Å². The van der Waals surface area contributed by atoms with Gasteiger partial charge in [-0.05, 0) is 11.6 Å². The molecule has 0 N–H and O–H groups in total. The minimum atomic E-state index is -0.698. The molecule has 1 aliphatic rings. The topological polar surface area (TPSA) is 60.9 Å². The first-order chi connectivity index (χ1) is 11.3. The summed E-state index contributed by atoms with van der Waals surface area (Å²) >= 11 is 0. The fraction of sp³-hybridized carbons (Fsp3) is 0.471. The molecule has 1 aromatic rings. The average molecular weight is 335 g/mol. The van der Waals surface area contributed by atoms with E-state index >= 15 is 0 Å². The van der Waals surface area contributed by atoms with E-state index in [0.29, 0.717) is 18.7 Å². The Balaban J connectivity index is 2.12. The van der Waals surface area contributed by atoms with Gasteiger partial charge in [-0.15, -0.1) is 0 Å². The molecule has 24 heavy (non-hydrogen) atoms. The Morgan fingerprint density at radius 3 is 2.46 bits per heavy atom. The lowest BCUT2D eigenvalue weighted by Crippen LogP contribution is -2.61. The van der Waals surface area contributed by atoms with Crippen LogP contribution in [0.25, 0.3) is 0 Å². The summed E-state index contributed by atoms with van der Waals surface area (Å²) in [5.74, 6) is -1.10. The smallest absolute Gasteiger partial charge is 0.246 e. The highest BCUT2D eigenvalue weighted by Crippen LogP contribution is 2.15. The first kappa shape index (κ1) is 17.9. The van der Waals surface area contributed by atoms with Crippen molar-refractivity contribution >= 4 is 17.7 Å². The molecule has 1 saturated heterocycles. The van der Waals surface area contributed by atoms with Crippen LogP contribution in [0.15, 0.2) is 24.3 Å². The van der Waals surface area contributed by atoms with E-state index in [4.69, 9.17) is 0 Å². The summed E-state index contributed by atoms with van der Waals surface area (Å²) in [7, 11) is 3.22. The van der Waals surface area contributed by atoms with E-state index in [1.165, 1.54) is 27.7 Å². The molecule has 0 saturated carbocycles. The van der Waals surface area contributed by atoms with Crippen molar-refractivity contribution in [1.29, 1.82) is 0 Å². The van der Waals surface area contributed by atoms with Crippen LogP contribution >= 0.6 is 0 Å². The molecule has 1 fully saturated rings. The molecule has 0 unspecified atom stereocenters. The maximum absolute atomic E-state index is 13.7. The van der Waals surface area contributed by atoms with Gasteiger partial charge in [0.15, 0.2) is 0 Å². The summed E-state index contributed by atoms with van der Waals surface area (Å²) in [4.78, 5) is 41.0. The summed E-state index contributed by atoms with van der Waals surface area (Å²) < 4.78 is 13.7. The van der Waals surface area contributed by atoms with Gasteiger partial charge in [0.1, 0.15) is 11.9 Å². The highest BCUT2D eigenvalue weighted by molar-refractivity contribution is 5.88. The van der Waals surface area contributed by atoms with E-state index in [2.05, 4.69) is 0 Å². The van der Waals surface area contributed by atoms with Gasteiger partial charge in [0.05, 0.1) is 13.0 Å². The fourth-order valence-electron chi connectivity index (χ4n) is 2.81. The molecule has 0 bridgehead atoms. The number of likely N-dealkylation sites (N-methyl/N-ethyl adjacent to an activating group) is 1. The predicted molar refractivity (Wildman–Crippen MR) is 86.6 cm³/mol. The van der Waals surface area contributed by atoms with Gasteiger partial charge in [0, 0.05) is 34.1 Å². The molecular formula is C17H22FN3O3. The normalized spacial score (nSPS) is 17.6. The molecule has 6 nitrogen and oxygen atoms in total. The second-order valence-electron chi connectivity index (χ2n) is 6.07. The van der Waals surface area contributed by atoms with Gasteiger partial charge in [-0.25, -0.2) is 4.39 Å². The highest BCUT2D eigenvalue weighted by Gasteiger charge is 2.36. The zero-order valence-electron chi connectivity index (χ0n) is 14.2. The van der Waals surface area contributed by atoms with Gasteiger partial charge in [-0.1, -0.05) is 18.2 Å². The molecule has 1 heterocycles. The number of halogens is 1. The molecule has 0 aromatic heterocycles. The number of carbonyl (C=O) groups excluding carboxylic acids is 3. The maximum atomic E-state index is 13.7. The van der Waals surface area contributed by atoms with E-state index < -0.39 is 11.9 Å². The van der Waals surface area contributed by atoms with Crippen LogP contribution < -0.4 is 0 Å². The highest BCUT2D eigenvalue weighted by atomic mass is 19.1. The maximum Gasteiger partial charge on any atom is 0.246 e. The van der Waals surface area contributed by atoms with E-state index in [-0.39, 0.29) is 30.7 Å². The van der Waals surface area contributed by atoms with Crippen molar-refractivity contribution in [1.82, 2.24) is 14.7 Å². The number of rotatable bonds is 3. The third-order valence-electron chi connectivity index (χ3n) is 4.16. The van der Waals surface area contributed by atoms with Crippen LogP contribution in [0.4, 0.5) is 4.39 Å². The summed E-state index contributed by atoms with van der Waals surface area (Å²) in [6.07, 6.45) is -0.0599. The summed E-state index contributed by atoms with van der Waals surface area (Å²) in [5.41, 5.74) is 0.326. The number of benzene rings is 1. The van der Waals surface area contributed by atoms with Gasteiger partial charge < -0.3 is 14.7 Å². The molecular weight excluding hydrogens is 313 g/mol. The summed E-state index contributed by atoms with van der Waals surface area (Å²) in [5, 5.41) is 0. The monoisotopic (exact) mass is 335 g/mol. The molecule has 0 aliphatic carbocycles. The number of hydrogen-bond donors (Lipinski definition) is 0. The fourth-order valence-corrected chi connectivity index (χ4v) is 2.81. The zero-order valence-corrected chi connectivity index (χ0v) is 14.2. The lowest BCUT2D eigenvalue weighted by molar-refractivity contribution is -0.150. The summed E-state index contributed by atoms with van der Waals surface area (Å²) in [6, 6.07) is 5.44. The van der Waals surface area contributed by atoms with Crippen molar-refractivity contribution in [3.63, 3.8) is 0 Å². The van der Waals surface area contributed by atoms with Crippen molar-refractivity contribution in [3.05, 3.63) is 35.6 Å². The second-order valence-corrected chi connectivity index (χ2v) is 6.07. The van der Waals surface area contributed by atoms with E-state index in [1.807, 2.05) is 0 Å². The van der Waals surface area contributed by atoms with Gasteiger partial charge in [-0.3, -0.25) is 14.4 Å². The van der Waals surface area contributed by atoms with E-state index in [0.717, 1.165) is 0 Å². The quantitative estimate of drug-likeness (QED) is 0.809. The zero-order chi connectivity index (χ0) is 17.9. The molecule has 1 aliphatic heterocycles. The average Bonchev–Trinajstić information content (AvgIpc) is 2.55. The third-order valence-corrected chi connectivity index (χ3v) is 4.16. The molecule has 0 radical (unpaired) electrons. The number of hydrogen-bond acceptors (Lipinski definition) is 3. The SMILES string of the molecule is CC(=O)N1CCN(C(=O)Cc2ccccc2F)C[C@H]1C(=O)N(C)C. The van der Waals surface area contributed by atoms with Crippen molar-refractivity contribution in [3.8, 4) is 0 Å². The van der Waals surface area contributed by atoms with Crippen molar-refractivity contribution in [2.45, 2.75) is 19.4 Å². The molecule has 130 valence electrons. The van der Waals surface area contributed by atoms with Crippen LogP contribution in [0, 0.1) is 5.82 Å². The van der Waals surface area contributed by atoms with Gasteiger partial charge in [0.25, 0.3) is 0 Å². The van der Waals surface area contributed by atoms with Crippen LogP contribution in [0.3, 0.4) is 0 Å². The largest absolute Gasteiger partial charge is 0.347 e. The Hall–Kier alpha value is -2.44. The van der Waals surface area contributed by atoms with Crippen molar-refractivity contribution < 1.29 is 18.8 Å². The van der Waals surface area contributed by atoms with E-state index in [9.17, 15) is 18.8 Å². The summed E-state index contributed by atoms with van der Waals surface area (Å²) in [6.45, 7) is 2.17. The third kappa shape index (κ3) is 3.90. The molecule has 3 amide bonds. The second kappa shape index (κ2) is 7.42. The lowest BCUT2D eigenvalue weighted by Gasteiger charge is -2.41. The number of amides is 3. The number of nitrogens with zero attached hydrogens (tertiary/aromatic N) is 3. The molecule has 2 rings (SSSR count). The van der Waals surface area contributed by atoms with Crippen molar-refractivity contribution in [2.75, 3.05) is 33.7 Å². The molecule has 7 heteroatoms. The van der Waals surface area contributed by atoms with Gasteiger partial charge >= 0.3 is 0 Å². The molecule has 1 atom stereocenters. The number of piperazine rings is 1. The Morgan fingerprint density at radius 2 is 1.88 bits per heavy atom. The van der Waals surface area contributed by atoms with Crippen LogP contribution in [0.5, 0.6) is 0 Å². The van der Waals surface area contributed by atoms with Crippen LogP contribution in [-0.2, 0) is 20.8 Å². The minimum Gasteiger partial charge on any atom is -0.347 e. The van der Waals surface area contributed by atoms with Crippen molar-refractivity contribution in [2.24, 2.45) is 0 Å². The van der Waals surface area contributed by atoms with Gasteiger partial charge in [-0.2, -0.15) is 0 Å². The number of carbonyl (C=O) groups is 3. The van der Waals surface area contributed by atoms with Crippen LogP contribution in [0.1, 0.15) is 12.5 Å². The first-order valence-electron chi connectivity index (χ1n) is 7.80. The molecule has 1 aromatic carbocycles. The Labute approximate surface area is 140 Å². The van der Waals surface area contributed by atoms with Gasteiger partial charge in [0.2, 0.25) is 17.7 Å². The standard InChI is InChI=1S/C17H22FN3O3/c1-12(22)21-9-8-20(11-15(21)17(24)19(2)3)16(23)10-13-6-4-5-7-14(13)18/h4-7,15H,8-11H2,1-3H3/t15-/m0/s1. The lowest BCUT2D eigenvalue weighted by atomic mass is 10.1. The van der Waals surface area contributed by atoms with E-state index in [1.54, 1.807) is 32.3 Å². The first-order valence-corrected chi connectivity index (χ1v) is 7.80. The minimum absolute atomic E-state index is 0.0599. The Morgan fingerprint density at radius 1 is 1.21 bits per heavy atom. The Bertz CT molecular complexity index is 648. The predicted octanol–water partition coefficient (Wildman–Crippen LogP) is 0.516. The van der Waals surface area contributed by atoms with Crippen LogP contribution in [0.2, 0.25) is 0 Å².